The first-order valence-electron chi connectivity index (χ1n) is 13.2. The molecule has 0 fully saturated rings. The van der Waals surface area contributed by atoms with E-state index in [0.29, 0.717) is 24.8 Å². The Morgan fingerprint density at radius 3 is 2.38 bits per heavy atom. The molecule has 1 aliphatic heterocycles. The topological polar surface area (TPSA) is 58.6 Å². The van der Waals surface area contributed by atoms with Gasteiger partial charge in [0, 0.05) is 24.1 Å². The lowest BCUT2D eigenvalue weighted by molar-refractivity contribution is -0.119. The van der Waals surface area contributed by atoms with Crippen LogP contribution in [0.1, 0.15) is 68.5 Å². The molecule has 1 aliphatic carbocycles. The van der Waals surface area contributed by atoms with Crippen LogP contribution in [0.5, 0.6) is 5.75 Å². The molecule has 1 amide bonds. The smallest absolute Gasteiger partial charge is 0.227 e. The Kier molecular flexibility index (Phi) is 7.40. The van der Waals surface area contributed by atoms with Gasteiger partial charge in [0.2, 0.25) is 5.91 Å². The lowest BCUT2D eigenvalue weighted by atomic mass is 9.78. The van der Waals surface area contributed by atoms with Gasteiger partial charge in [-0.3, -0.25) is 14.5 Å². The number of nitrogens with one attached hydrogen (secondary N) is 1. The Hall–Kier alpha value is -3.86. The molecule has 0 saturated heterocycles. The van der Waals surface area contributed by atoms with Gasteiger partial charge in [0.15, 0.2) is 5.78 Å². The number of ketones is 1. The summed E-state index contributed by atoms with van der Waals surface area (Å²) in [4.78, 5) is 29.7. The van der Waals surface area contributed by atoms with E-state index in [1.807, 2.05) is 83.8 Å². The van der Waals surface area contributed by atoms with Crippen molar-refractivity contribution in [1.29, 1.82) is 0 Å². The zero-order valence-corrected chi connectivity index (χ0v) is 21.6. The molecule has 190 valence electrons. The molecule has 2 aliphatic rings. The SMILES string of the molecule is CCCCCC(=O)N1c2ccccc2NC2=C(C(=O)C[C@@H](c3ccc(OC)cc3)C2)[C@@H]1c1ccccc1. The van der Waals surface area contributed by atoms with E-state index in [2.05, 4.69) is 12.2 Å². The second-order valence-electron chi connectivity index (χ2n) is 9.87. The Balaban J connectivity index is 1.62. The molecule has 0 bridgehead atoms. The maximum Gasteiger partial charge on any atom is 0.227 e. The van der Waals surface area contributed by atoms with Crippen molar-refractivity contribution in [2.24, 2.45) is 0 Å². The van der Waals surface area contributed by atoms with E-state index in [4.69, 9.17) is 4.74 Å². The minimum Gasteiger partial charge on any atom is -0.497 e. The zero-order chi connectivity index (χ0) is 25.8. The number of benzene rings is 3. The number of allylic oxidation sites excluding steroid dienone is 1. The summed E-state index contributed by atoms with van der Waals surface area (Å²) in [5, 5.41) is 3.61. The summed E-state index contributed by atoms with van der Waals surface area (Å²) in [6.45, 7) is 2.14. The van der Waals surface area contributed by atoms with E-state index >= 15 is 0 Å². The number of rotatable bonds is 7. The number of nitrogens with zero attached hydrogens (tertiary/aromatic N) is 1. The van der Waals surface area contributed by atoms with Gasteiger partial charge in [-0.25, -0.2) is 0 Å². The molecule has 0 spiro atoms. The molecule has 37 heavy (non-hydrogen) atoms. The summed E-state index contributed by atoms with van der Waals surface area (Å²) in [5.74, 6) is 0.992. The second kappa shape index (κ2) is 11.0. The number of ether oxygens (including phenoxy) is 1. The van der Waals surface area contributed by atoms with Crippen molar-refractivity contribution < 1.29 is 14.3 Å². The van der Waals surface area contributed by atoms with Crippen molar-refractivity contribution in [1.82, 2.24) is 0 Å². The molecule has 1 heterocycles. The lowest BCUT2D eigenvalue weighted by Crippen LogP contribution is -2.38. The first kappa shape index (κ1) is 24.8. The van der Waals surface area contributed by atoms with Gasteiger partial charge in [-0.1, -0.05) is 74.4 Å². The number of carbonyl (C=O) groups excluding carboxylic acids is 2. The lowest BCUT2D eigenvalue weighted by Gasteiger charge is -2.35. The third-order valence-electron chi connectivity index (χ3n) is 7.45. The maximum atomic E-state index is 14.0. The van der Waals surface area contributed by atoms with Crippen molar-refractivity contribution in [3.05, 3.63) is 101 Å². The molecule has 0 aromatic heterocycles. The number of hydrogen-bond donors (Lipinski definition) is 1. The van der Waals surface area contributed by atoms with Crippen LogP contribution in [0, 0.1) is 0 Å². The molecule has 5 heteroatoms. The quantitative estimate of drug-likeness (QED) is 0.354. The third kappa shape index (κ3) is 5.04. The molecular weight excluding hydrogens is 460 g/mol. The van der Waals surface area contributed by atoms with E-state index in [9.17, 15) is 9.59 Å². The molecule has 2 atom stereocenters. The Morgan fingerprint density at radius 1 is 0.919 bits per heavy atom. The zero-order valence-electron chi connectivity index (χ0n) is 21.6. The molecule has 5 nitrogen and oxygen atoms in total. The highest BCUT2D eigenvalue weighted by atomic mass is 16.5. The van der Waals surface area contributed by atoms with E-state index in [1.165, 1.54) is 0 Å². The minimum absolute atomic E-state index is 0.0513. The number of unbranched alkanes of at least 4 members (excludes halogenated alkanes) is 2. The van der Waals surface area contributed by atoms with Crippen molar-refractivity contribution in [3.63, 3.8) is 0 Å². The maximum absolute atomic E-state index is 14.0. The monoisotopic (exact) mass is 494 g/mol. The molecular formula is C32H34N2O3. The molecule has 3 aromatic rings. The van der Waals surface area contributed by atoms with Crippen LogP contribution in [-0.4, -0.2) is 18.8 Å². The summed E-state index contributed by atoms with van der Waals surface area (Å²) in [5.41, 5.74) is 5.36. The highest BCUT2D eigenvalue weighted by Crippen LogP contribution is 2.47. The Morgan fingerprint density at radius 2 is 1.65 bits per heavy atom. The van der Waals surface area contributed by atoms with E-state index in [1.54, 1.807) is 7.11 Å². The summed E-state index contributed by atoms with van der Waals surface area (Å²) in [6.07, 6.45) is 4.45. The molecule has 0 unspecified atom stereocenters. The highest BCUT2D eigenvalue weighted by Gasteiger charge is 2.41. The van der Waals surface area contributed by atoms with E-state index in [-0.39, 0.29) is 17.6 Å². The fraction of sp³-hybridized carbons (Fsp3) is 0.312. The van der Waals surface area contributed by atoms with Crippen LogP contribution in [-0.2, 0) is 9.59 Å². The van der Waals surface area contributed by atoms with Crippen LogP contribution in [0.3, 0.4) is 0 Å². The van der Waals surface area contributed by atoms with Gasteiger partial charge < -0.3 is 10.1 Å². The van der Waals surface area contributed by atoms with Crippen molar-refractivity contribution >= 4 is 23.1 Å². The summed E-state index contributed by atoms with van der Waals surface area (Å²) < 4.78 is 5.33. The van der Waals surface area contributed by atoms with Crippen molar-refractivity contribution in [2.75, 3.05) is 17.3 Å². The number of amides is 1. The van der Waals surface area contributed by atoms with Crippen LogP contribution in [0.4, 0.5) is 11.4 Å². The number of para-hydroxylation sites is 2. The largest absolute Gasteiger partial charge is 0.497 e. The van der Waals surface area contributed by atoms with Gasteiger partial charge in [-0.05, 0) is 54.2 Å². The average molecular weight is 495 g/mol. The van der Waals surface area contributed by atoms with E-state index in [0.717, 1.165) is 53.2 Å². The molecule has 1 N–H and O–H groups in total. The number of fused-ring (bicyclic) bond motifs is 1. The van der Waals surface area contributed by atoms with Gasteiger partial charge in [0.1, 0.15) is 5.75 Å². The number of anilines is 2. The molecule has 0 radical (unpaired) electrons. The van der Waals surface area contributed by atoms with Gasteiger partial charge >= 0.3 is 0 Å². The standard InChI is InChI=1S/C32H34N2O3/c1-3-4-6-15-30(36)34-28-14-10-9-13-26(28)33-27-20-24(22-16-18-25(37-2)19-17-22)21-29(35)31(27)32(34)23-11-7-5-8-12-23/h5,7-14,16-19,24,32-33H,3-4,6,15,20-21H2,1-2H3/t24-,32-/m0/s1. The number of carbonyl (C=O) groups is 2. The Labute approximate surface area is 219 Å². The van der Waals surface area contributed by atoms with Crippen LogP contribution < -0.4 is 15.0 Å². The fourth-order valence-corrected chi connectivity index (χ4v) is 5.57. The van der Waals surface area contributed by atoms with Crippen LogP contribution in [0.25, 0.3) is 0 Å². The van der Waals surface area contributed by atoms with E-state index < -0.39 is 6.04 Å². The third-order valence-corrected chi connectivity index (χ3v) is 7.45. The summed E-state index contributed by atoms with van der Waals surface area (Å²) in [6, 6.07) is 25.4. The average Bonchev–Trinajstić information content (AvgIpc) is 3.08. The normalized spacial score (nSPS) is 19.0. The molecule has 5 rings (SSSR count). The number of Topliss-reactive ketones (excluding diaryl/α,β-unsaturated/α-hetero) is 1. The van der Waals surface area contributed by atoms with Gasteiger partial charge in [0.05, 0.1) is 24.5 Å². The van der Waals surface area contributed by atoms with Crippen LogP contribution in [0.2, 0.25) is 0 Å². The molecule has 3 aromatic carbocycles. The van der Waals surface area contributed by atoms with Crippen LogP contribution >= 0.6 is 0 Å². The first-order valence-corrected chi connectivity index (χ1v) is 13.2. The van der Waals surface area contributed by atoms with Crippen molar-refractivity contribution in [2.45, 2.75) is 57.4 Å². The predicted octanol–water partition coefficient (Wildman–Crippen LogP) is 7.18. The Bertz CT molecular complexity index is 1300. The molecule has 0 saturated carbocycles. The number of methoxy groups -OCH3 is 1. The summed E-state index contributed by atoms with van der Waals surface area (Å²) in [7, 11) is 1.65. The summed E-state index contributed by atoms with van der Waals surface area (Å²) >= 11 is 0. The highest BCUT2D eigenvalue weighted by molar-refractivity contribution is 6.06. The van der Waals surface area contributed by atoms with Crippen molar-refractivity contribution in [3.8, 4) is 5.75 Å². The van der Waals surface area contributed by atoms with Gasteiger partial charge in [-0.15, -0.1) is 0 Å². The fourth-order valence-electron chi connectivity index (χ4n) is 5.57. The number of hydrogen-bond acceptors (Lipinski definition) is 4. The van der Waals surface area contributed by atoms with Gasteiger partial charge in [-0.2, -0.15) is 0 Å². The first-order chi connectivity index (χ1) is 18.1. The minimum atomic E-state index is -0.467. The van der Waals surface area contributed by atoms with Crippen LogP contribution in [0.15, 0.2) is 90.1 Å². The predicted molar refractivity (Wildman–Crippen MR) is 148 cm³/mol. The van der Waals surface area contributed by atoms with Gasteiger partial charge in [0.25, 0.3) is 0 Å². The second-order valence-corrected chi connectivity index (χ2v) is 9.87.